The van der Waals surface area contributed by atoms with Gasteiger partial charge in [-0.1, -0.05) is 72.8 Å². The standard InChI is InChI=1S/C34H31O6PS.C7H9N.CH3.Pd/c1-23-13-11-16-26(38-2)33(23)24-14-5-7-19-29(24)41(31-21-9-10-22-32(31)42(35,36)37)30-20-8-6-15-25(30)34-27(39-3)17-12-18-28(34)40-4;1-6-4-3-5-7(2)8-6;;/h5-22H,1-4H3,(H,35,36,37);3-5H,1-2H3;1H3;/q;;-1;/p+1. The number of hydrogen-bond donors (Lipinski definition) is 1. The Bertz CT molecular complexity index is 2190. The van der Waals surface area contributed by atoms with E-state index in [1.165, 1.54) is 6.07 Å². The average Bonchev–Trinajstić information content (AvgIpc) is 3.12. The average molecular weight is 828 g/mol. The van der Waals surface area contributed by atoms with Crippen LogP contribution in [-0.4, -0.2) is 39.3 Å². The van der Waals surface area contributed by atoms with Crippen LogP contribution in [0.1, 0.15) is 17.0 Å². The number of rotatable bonds is 9. The summed E-state index contributed by atoms with van der Waals surface area (Å²) in [6, 6.07) is 40.1. The summed E-state index contributed by atoms with van der Waals surface area (Å²) in [5.74, 6) is 1.96. The van der Waals surface area contributed by atoms with E-state index in [0.717, 1.165) is 49.8 Å². The maximum absolute atomic E-state index is 12.8. The topological polar surface area (TPSA) is 95.0 Å². The van der Waals surface area contributed by atoms with Crippen molar-refractivity contribution in [3.63, 3.8) is 0 Å². The Labute approximate surface area is 323 Å². The second kappa shape index (κ2) is 18.9. The van der Waals surface area contributed by atoms with Crippen LogP contribution in [0.25, 0.3) is 22.3 Å². The molecule has 0 saturated carbocycles. The molecule has 6 aromatic rings. The zero-order valence-corrected chi connectivity index (χ0v) is 33.7. The molecule has 10 heteroatoms. The zero-order chi connectivity index (χ0) is 35.8. The van der Waals surface area contributed by atoms with E-state index in [0.29, 0.717) is 22.6 Å². The van der Waals surface area contributed by atoms with E-state index >= 15 is 0 Å². The van der Waals surface area contributed by atoms with E-state index in [4.69, 9.17) is 14.2 Å². The summed E-state index contributed by atoms with van der Waals surface area (Å²) in [7, 11) is -1.82. The van der Waals surface area contributed by atoms with Gasteiger partial charge in [0.1, 0.15) is 46.0 Å². The largest absolute Gasteiger partial charge is 0.496 e. The van der Waals surface area contributed by atoms with Gasteiger partial charge < -0.3 is 21.6 Å². The van der Waals surface area contributed by atoms with Gasteiger partial charge in [-0.2, -0.15) is 8.42 Å². The van der Waals surface area contributed by atoms with Gasteiger partial charge in [0.2, 0.25) is 0 Å². The Morgan fingerprint density at radius 2 is 0.942 bits per heavy atom. The molecule has 7 nitrogen and oxygen atoms in total. The van der Waals surface area contributed by atoms with Crippen LogP contribution in [0.15, 0.2) is 132 Å². The van der Waals surface area contributed by atoms with Crippen molar-refractivity contribution in [1.82, 2.24) is 4.98 Å². The second-order valence-corrected chi connectivity index (χ2v) is 15.3. The molecule has 0 saturated heterocycles. The Morgan fingerprint density at radius 3 is 1.40 bits per heavy atom. The van der Waals surface area contributed by atoms with Gasteiger partial charge >= 0.3 is 0 Å². The van der Waals surface area contributed by atoms with Crippen LogP contribution in [0.2, 0.25) is 0 Å². The van der Waals surface area contributed by atoms with Crippen LogP contribution in [0, 0.1) is 28.2 Å². The third-order valence-corrected chi connectivity index (χ3v) is 12.3. The third-order valence-electron chi connectivity index (χ3n) is 8.28. The predicted molar refractivity (Wildman–Crippen MR) is 212 cm³/mol. The Morgan fingerprint density at radius 1 is 0.538 bits per heavy atom. The summed E-state index contributed by atoms with van der Waals surface area (Å²) in [6.07, 6.45) is 0. The molecule has 0 spiro atoms. The fourth-order valence-corrected chi connectivity index (χ4v) is 10.4. The molecule has 52 heavy (non-hydrogen) atoms. The van der Waals surface area contributed by atoms with E-state index < -0.39 is 18.0 Å². The molecular weight excluding hydrogens is 784 g/mol. The van der Waals surface area contributed by atoms with Crippen molar-refractivity contribution >= 4 is 34.0 Å². The summed E-state index contributed by atoms with van der Waals surface area (Å²) in [4.78, 5) is 4.06. The summed E-state index contributed by atoms with van der Waals surface area (Å²) in [5, 5.41) is 2.38. The summed E-state index contributed by atoms with van der Waals surface area (Å²) < 4.78 is 53.4. The third kappa shape index (κ3) is 9.35. The van der Waals surface area contributed by atoms with Crippen LogP contribution in [0.4, 0.5) is 0 Å². The van der Waals surface area contributed by atoms with Crippen LogP contribution in [-0.2, 0) is 30.5 Å². The first-order chi connectivity index (χ1) is 24.1. The number of aromatic nitrogens is 1. The number of aryl methyl sites for hydroxylation is 3. The van der Waals surface area contributed by atoms with Gasteiger partial charge in [-0.15, -0.1) is 0 Å². The molecule has 1 N–H and O–H groups in total. The molecule has 6 rings (SSSR count). The smallest absolute Gasteiger partial charge is 0.298 e. The maximum Gasteiger partial charge on any atom is 0.298 e. The van der Waals surface area contributed by atoms with Gasteiger partial charge in [-0.05, 0) is 80.9 Å². The number of nitrogens with zero attached hydrogens (tertiary/aromatic N) is 1. The molecule has 1 heterocycles. The minimum atomic E-state index is -4.54. The molecule has 1 atom stereocenters. The van der Waals surface area contributed by atoms with Crippen molar-refractivity contribution in [3.05, 3.63) is 152 Å². The number of benzene rings is 5. The number of pyridine rings is 1. The van der Waals surface area contributed by atoms with E-state index in [9.17, 15) is 13.0 Å². The molecule has 0 amide bonds. The van der Waals surface area contributed by atoms with Crippen molar-refractivity contribution in [3.8, 4) is 39.5 Å². The molecule has 1 unspecified atom stereocenters. The molecule has 274 valence electrons. The Balaban J connectivity index is 0.000000646. The molecule has 0 aliphatic carbocycles. The van der Waals surface area contributed by atoms with E-state index in [-0.39, 0.29) is 32.7 Å². The fourth-order valence-electron chi connectivity index (χ4n) is 6.12. The van der Waals surface area contributed by atoms with Crippen LogP contribution in [0.5, 0.6) is 17.2 Å². The summed E-state index contributed by atoms with van der Waals surface area (Å²) >= 11 is 0. The van der Waals surface area contributed by atoms with Crippen LogP contribution < -0.4 is 30.1 Å². The van der Waals surface area contributed by atoms with E-state index in [2.05, 4.69) is 4.98 Å². The first-order valence-electron chi connectivity index (χ1n) is 16.0. The number of hydrogen-bond acceptors (Lipinski definition) is 6. The Kier molecular flexibility index (Phi) is 15.3. The van der Waals surface area contributed by atoms with Gasteiger partial charge in [0.15, 0.2) is 0 Å². The van der Waals surface area contributed by atoms with Crippen molar-refractivity contribution in [2.75, 3.05) is 21.3 Å². The molecule has 0 radical (unpaired) electrons. The maximum atomic E-state index is 12.8. The van der Waals surface area contributed by atoms with Gasteiger partial charge in [0.25, 0.3) is 10.1 Å². The van der Waals surface area contributed by atoms with Crippen molar-refractivity contribution in [2.24, 2.45) is 0 Å². The normalized spacial score (nSPS) is 11.1. The number of methoxy groups -OCH3 is 3. The first-order valence-corrected chi connectivity index (χ1v) is 18.9. The molecule has 0 aliphatic heterocycles. The molecule has 5 aromatic carbocycles. The first kappa shape index (κ1) is 42.1. The van der Waals surface area contributed by atoms with Crippen molar-refractivity contribution in [1.29, 1.82) is 0 Å². The molecule has 0 aliphatic rings. The van der Waals surface area contributed by atoms with E-state index in [1.54, 1.807) is 39.5 Å². The Hall–Kier alpha value is -4.35. The summed E-state index contributed by atoms with van der Waals surface area (Å²) in [5.41, 5.74) is 6.65. The molecule has 0 bridgehead atoms. The minimum Gasteiger partial charge on any atom is -0.496 e. The predicted octanol–water partition coefficient (Wildman–Crippen LogP) is 8.24. The quantitative estimate of drug-likeness (QED) is 0.0680. The second-order valence-electron chi connectivity index (χ2n) is 11.5. The molecule has 1 aromatic heterocycles. The van der Waals surface area contributed by atoms with Gasteiger partial charge in [0.05, 0.1) is 26.9 Å². The van der Waals surface area contributed by atoms with Crippen molar-refractivity contribution < 1.29 is 47.6 Å². The SMILES string of the molecule is COc1cccc(C)c1-c1ccccc1[PH+](c1ccccc1-c1c(OC)cccc1OC)c1ccccc1S(=O)(=O)O.Cc1cccc(C)n1.[CH3-].[Pd]. The molecule has 0 fully saturated rings. The summed E-state index contributed by atoms with van der Waals surface area (Å²) in [6.45, 7) is 6.01. The van der Waals surface area contributed by atoms with E-state index in [1.807, 2.05) is 124 Å². The number of ether oxygens (including phenoxy) is 3. The fraction of sp³-hybridized carbons (Fsp3) is 0.143. The van der Waals surface area contributed by atoms with Gasteiger partial charge in [-0.25, -0.2) is 0 Å². The van der Waals surface area contributed by atoms with Gasteiger partial charge in [0, 0.05) is 48.5 Å². The minimum absolute atomic E-state index is 0. The van der Waals surface area contributed by atoms with Crippen LogP contribution in [0.3, 0.4) is 0 Å². The molecular formula is C42H44NO6PPdS. The van der Waals surface area contributed by atoms with Crippen molar-refractivity contribution in [2.45, 2.75) is 25.7 Å². The van der Waals surface area contributed by atoms with Gasteiger partial charge in [-0.3, -0.25) is 9.54 Å². The monoisotopic (exact) mass is 827 g/mol. The van der Waals surface area contributed by atoms with Crippen LogP contribution >= 0.6 is 7.92 Å². The zero-order valence-electron chi connectivity index (χ0n) is 30.3.